The van der Waals surface area contributed by atoms with Gasteiger partial charge >= 0.3 is 0 Å². The largest absolute Gasteiger partial charge is 0.297 e. The Hall–Kier alpha value is -1.15. The van der Waals surface area contributed by atoms with Crippen molar-refractivity contribution in [2.45, 2.75) is 64.3 Å². The second-order valence-electron chi connectivity index (χ2n) is 6.90. The molecule has 3 rings (SSSR count). The van der Waals surface area contributed by atoms with Gasteiger partial charge in [-0.25, -0.2) is 0 Å². The van der Waals surface area contributed by atoms with E-state index in [2.05, 4.69) is 36.9 Å². The van der Waals surface area contributed by atoms with E-state index in [1.165, 1.54) is 42.4 Å². The minimum atomic E-state index is -0.134. The molecule has 0 atom stereocenters. The van der Waals surface area contributed by atoms with Gasteiger partial charge in [-0.05, 0) is 69.3 Å². The first-order valence-electron chi connectivity index (χ1n) is 8.47. The highest BCUT2D eigenvalue weighted by Gasteiger charge is 2.46. The lowest BCUT2D eigenvalue weighted by Gasteiger charge is -2.37. The van der Waals surface area contributed by atoms with Gasteiger partial charge in [-0.15, -0.1) is 0 Å². The second-order valence-corrected chi connectivity index (χ2v) is 6.90. The van der Waals surface area contributed by atoms with Crippen molar-refractivity contribution < 1.29 is 4.79 Å². The molecule has 0 N–H and O–H groups in total. The molecule has 1 aromatic rings. The van der Waals surface area contributed by atoms with Crippen LogP contribution in [0.4, 0.5) is 0 Å². The Balaban J connectivity index is 1.85. The fourth-order valence-corrected chi connectivity index (χ4v) is 4.33. The van der Waals surface area contributed by atoms with Crippen molar-refractivity contribution in [1.29, 1.82) is 0 Å². The quantitative estimate of drug-likeness (QED) is 0.838. The van der Waals surface area contributed by atoms with E-state index in [4.69, 9.17) is 0 Å². The molecule has 21 heavy (non-hydrogen) atoms. The molecule has 0 spiro atoms. The minimum Gasteiger partial charge on any atom is -0.297 e. The second kappa shape index (κ2) is 5.92. The van der Waals surface area contributed by atoms with E-state index in [0.29, 0.717) is 12.2 Å². The molecular formula is C19H27NO. The lowest BCUT2D eigenvalue weighted by Crippen LogP contribution is -2.52. The summed E-state index contributed by atoms with van der Waals surface area (Å²) in [6.07, 6.45) is 7.74. The lowest BCUT2D eigenvalue weighted by atomic mass is 9.84. The molecule has 1 aliphatic heterocycles. The zero-order valence-electron chi connectivity index (χ0n) is 13.5. The van der Waals surface area contributed by atoms with Crippen LogP contribution in [-0.2, 0) is 11.2 Å². The normalized spacial score (nSPS) is 21.8. The van der Waals surface area contributed by atoms with Gasteiger partial charge in [-0.2, -0.15) is 0 Å². The number of carbonyl (C=O) groups excluding carboxylic acids is 1. The van der Waals surface area contributed by atoms with Gasteiger partial charge in [0.1, 0.15) is 0 Å². The van der Waals surface area contributed by atoms with Gasteiger partial charge in [0.15, 0.2) is 5.78 Å². The fourth-order valence-electron chi connectivity index (χ4n) is 4.33. The summed E-state index contributed by atoms with van der Waals surface area (Å²) in [7, 11) is 0. The number of rotatable bonds is 4. The summed E-state index contributed by atoms with van der Waals surface area (Å²) in [5.74, 6) is 0.472. The van der Waals surface area contributed by atoms with Crippen LogP contribution in [0.5, 0.6) is 0 Å². The Morgan fingerprint density at radius 2 is 1.62 bits per heavy atom. The zero-order chi connectivity index (χ0) is 14.9. The standard InChI is InChI=1S/C19H27NO/c1-15-8-7-9-16(2)17(15)14-18(21)19(10-3-4-11-19)20-12-5-6-13-20/h7-9H,3-6,10-14H2,1-2H3. The smallest absolute Gasteiger partial charge is 0.157 e. The number of likely N-dealkylation sites (tertiary alicyclic amines) is 1. The molecule has 0 radical (unpaired) electrons. The maximum atomic E-state index is 13.2. The predicted octanol–water partition coefficient (Wildman–Crippen LogP) is 3.82. The maximum absolute atomic E-state index is 13.2. The molecule has 1 aliphatic carbocycles. The maximum Gasteiger partial charge on any atom is 0.157 e. The summed E-state index contributed by atoms with van der Waals surface area (Å²) in [5, 5.41) is 0. The highest BCUT2D eigenvalue weighted by Crippen LogP contribution is 2.39. The van der Waals surface area contributed by atoms with Crippen molar-refractivity contribution in [3.8, 4) is 0 Å². The Bertz CT molecular complexity index is 502. The minimum absolute atomic E-state index is 0.134. The first kappa shape index (κ1) is 14.8. The average molecular weight is 285 g/mol. The van der Waals surface area contributed by atoms with Gasteiger partial charge in [0, 0.05) is 6.42 Å². The molecule has 1 aromatic carbocycles. The van der Waals surface area contributed by atoms with Crippen LogP contribution in [0, 0.1) is 13.8 Å². The van der Waals surface area contributed by atoms with Crippen LogP contribution in [0.2, 0.25) is 0 Å². The summed E-state index contributed by atoms with van der Waals surface area (Å²) >= 11 is 0. The summed E-state index contributed by atoms with van der Waals surface area (Å²) in [6.45, 7) is 6.51. The van der Waals surface area contributed by atoms with Crippen molar-refractivity contribution in [2.75, 3.05) is 13.1 Å². The molecule has 2 nitrogen and oxygen atoms in total. The first-order chi connectivity index (χ1) is 10.1. The highest BCUT2D eigenvalue weighted by molar-refractivity contribution is 5.91. The Morgan fingerprint density at radius 3 is 2.19 bits per heavy atom. The van der Waals surface area contributed by atoms with Crippen LogP contribution >= 0.6 is 0 Å². The molecule has 1 saturated heterocycles. The number of hydrogen-bond acceptors (Lipinski definition) is 2. The molecule has 0 unspecified atom stereocenters. The molecule has 1 heterocycles. The molecular weight excluding hydrogens is 258 g/mol. The summed E-state index contributed by atoms with van der Waals surface area (Å²) in [6, 6.07) is 6.35. The van der Waals surface area contributed by atoms with Crippen molar-refractivity contribution in [3.05, 3.63) is 34.9 Å². The first-order valence-corrected chi connectivity index (χ1v) is 8.47. The summed E-state index contributed by atoms with van der Waals surface area (Å²) in [4.78, 5) is 15.7. The van der Waals surface area contributed by atoms with E-state index in [9.17, 15) is 4.79 Å². The van der Waals surface area contributed by atoms with E-state index < -0.39 is 0 Å². The third-order valence-corrected chi connectivity index (χ3v) is 5.64. The van der Waals surface area contributed by atoms with Crippen LogP contribution in [0.25, 0.3) is 0 Å². The van der Waals surface area contributed by atoms with Crippen LogP contribution in [0.15, 0.2) is 18.2 Å². The van der Waals surface area contributed by atoms with Gasteiger partial charge in [-0.3, -0.25) is 9.69 Å². The molecule has 1 saturated carbocycles. The van der Waals surface area contributed by atoms with Gasteiger partial charge in [-0.1, -0.05) is 31.0 Å². The monoisotopic (exact) mass is 285 g/mol. The fraction of sp³-hybridized carbons (Fsp3) is 0.632. The number of benzene rings is 1. The number of hydrogen-bond donors (Lipinski definition) is 0. The van der Waals surface area contributed by atoms with E-state index in [0.717, 1.165) is 25.9 Å². The third kappa shape index (κ3) is 2.66. The third-order valence-electron chi connectivity index (χ3n) is 5.64. The Labute approximate surface area is 128 Å². The van der Waals surface area contributed by atoms with Crippen molar-refractivity contribution in [2.24, 2.45) is 0 Å². The zero-order valence-corrected chi connectivity index (χ0v) is 13.5. The summed E-state index contributed by atoms with van der Waals surface area (Å²) < 4.78 is 0. The summed E-state index contributed by atoms with van der Waals surface area (Å²) in [5.41, 5.74) is 3.65. The van der Waals surface area contributed by atoms with Gasteiger partial charge in [0.2, 0.25) is 0 Å². The van der Waals surface area contributed by atoms with Crippen LogP contribution in [0.1, 0.15) is 55.2 Å². The topological polar surface area (TPSA) is 20.3 Å². The van der Waals surface area contributed by atoms with Crippen molar-refractivity contribution in [3.63, 3.8) is 0 Å². The molecule has 114 valence electrons. The Kier molecular flexibility index (Phi) is 4.17. The number of carbonyl (C=O) groups is 1. The SMILES string of the molecule is Cc1cccc(C)c1CC(=O)C1(N2CCCC2)CCCC1. The molecule has 2 heteroatoms. The number of ketones is 1. The van der Waals surface area contributed by atoms with Crippen molar-refractivity contribution >= 4 is 5.78 Å². The molecule has 0 amide bonds. The average Bonchev–Trinajstić information content (AvgIpc) is 3.13. The molecule has 0 aromatic heterocycles. The number of nitrogens with zero attached hydrogens (tertiary/aromatic N) is 1. The van der Waals surface area contributed by atoms with Crippen LogP contribution in [0.3, 0.4) is 0 Å². The van der Waals surface area contributed by atoms with Crippen LogP contribution < -0.4 is 0 Å². The van der Waals surface area contributed by atoms with E-state index >= 15 is 0 Å². The molecule has 2 fully saturated rings. The number of aryl methyl sites for hydroxylation is 2. The van der Waals surface area contributed by atoms with Gasteiger partial charge < -0.3 is 0 Å². The predicted molar refractivity (Wildman–Crippen MR) is 86.6 cm³/mol. The van der Waals surface area contributed by atoms with Gasteiger partial charge in [0.05, 0.1) is 5.54 Å². The molecule has 2 aliphatic rings. The van der Waals surface area contributed by atoms with E-state index in [1.807, 2.05) is 0 Å². The Morgan fingerprint density at radius 1 is 1.05 bits per heavy atom. The number of Topliss-reactive ketones (excluding diaryl/α,β-unsaturated/α-hetero) is 1. The molecule has 0 bridgehead atoms. The van der Waals surface area contributed by atoms with Crippen LogP contribution in [-0.4, -0.2) is 29.3 Å². The lowest BCUT2D eigenvalue weighted by molar-refractivity contribution is -0.129. The highest BCUT2D eigenvalue weighted by atomic mass is 16.1. The van der Waals surface area contributed by atoms with E-state index in [-0.39, 0.29) is 5.54 Å². The van der Waals surface area contributed by atoms with Gasteiger partial charge in [0.25, 0.3) is 0 Å². The van der Waals surface area contributed by atoms with E-state index in [1.54, 1.807) is 0 Å². The van der Waals surface area contributed by atoms with Crippen molar-refractivity contribution in [1.82, 2.24) is 4.90 Å².